The van der Waals surface area contributed by atoms with E-state index in [1.54, 1.807) is 0 Å². The monoisotopic (exact) mass is 462 g/mol. The second kappa shape index (κ2) is 5.49. The van der Waals surface area contributed by atoms with Crippen molar-refractivity contribution >= 4 is 45.2 Å². The van der Waals surface area contributed by atoms with Gasteiger partial charge in [0.05, 0.1) is 0 Å². The predicted octanol–water partition coefficient (Wildman–Crippen LogP) is 5.80. The Morgan fingerprint density at radius 1 is 0.611 bits per heavy atom. The standard InChI is InChI=1S/C16H16I2/c1-9-5-11(3)15(12(4)6-9)16-13(17)7-10(2)8-14(16)18/h5-8H,1-4H3. The Balaban J connectivity index is 2.78. The average molecular weight is 462 g/mol. The van der Waals surface area contributed by atoms with E-state index in [0.717, 1.165) is 0 Å². The summed E-state index contributed by atoms with van der Waals surface area (Å²) >= 11 is 4.90. The van der Waals surface area contributed by atoms with Gasteiger partial charge in [-0.2, -0.15) is 0 Å². The molecular weight excluding hydrogens is 446 g/mol. The maximum Gasteiger partial charge on any atom is 0.0222 e. The summed E-state index contributed by atoms with van der Waals surface area (Å²) in [6, 6.07) is 9.07. The molecule has 0 bridgehead atoms. The highest BCUT2D eigenvalue weighted by atomic mass is 127. The van der Waals surface area contributed by atoms with Gasteiger partial charge in [0, 0.05) is 12.7 Å². The highest BCUT2D eigenvalue weighted by Crippen LogP contribution is 2.36. The lowest BCUT2D eigenvalue weighted by Crippen LogP contribution is -1.96. The largest absolute Gasteiger partial charge is 0.0557 e. The summed E-state index contributed by atoms with van der Waals surface area (Å²) in [5.74, 6) is 0. The van der Waals surface area contributed by atoms with Crippen LogP contribution in [0.1, 0.15) is 22.3 Å². The number of halogens is 2. The van der Waals surface area contributed by atoms with Crippen molar-refractivity contribution in [1.29, 1.82) is 0 Å². The van der Waals surface area contributed by atoms with Gasteiger partial charge in [-0.25, -0.2) is 0 Å². The van der Waals surface area contributed by atoms with Crippen LogP contribution in [0, 0.1) is 34.8 Å². The number of hydrogen-bond acceptors (Lipinski definition) is 0. The summed E-state index contributed by atoms with van der Waals surface area (Å²) in [5.41, 5.74) is 8.19. The van der Waals surface area contributed by atoms with E-state index >= 15 is 0 Å². The fourth-order valence-electron chi connectivity index (χ4n) is 2.51. The molecule has 0 radical (unpaired) electrons. The van der Waals surface area contributed by atoms with E-state index in [9.17, 15) is 0 Å². The molecule has 0 aromatic heterocycles. The molecule has 2 aromatic carbocycles. The van der Waals surface area contributed by atoms with Crippen molar-refractivity contribution in [1.82, 2.24) is 0 Å². The third-order valence-electron chi connectivity index (χ3n) is 3.11. The Labute approximate surface area is 136 Å². The number of benzene rings is 2. The Morgan fingerprint density at radius 3 is 1.44 bits per heavy atom. The van der Waals surface area contributed by atoms with Crippen LogP contribution in [0.3, 0.4) is 0 Å². The van der Waals surface area contributed by atoms with E-state index in [-0.39, 0.29) is 0 Å². The first-order valence-electron chi connectivity index (χ1n) is 5.94. The summed E-state index contributed by atoms with van der Waals surface area (Å²) in [6.45, 7) is 8.74. The molecule has 0 atom stereocenters. The van der Waals surface area contributed by atoms with E-state index in [1.165, 1.54) is 40.5 Å². The molecule has 0 aliphatic carbocycles. The van der Waals surface area contributed by atoms with Gasteiger partial charge in [-0.15, -0.1) is 0 Å². The van der Waals surface area contributed by atoms with Crippen molar-refractivity contribution in [3.8, 4) is 11.1 Å². The molecule has 0 aliphatic rings. The van der Waals surface area contributed by atoms with Crippen LogP contribution in [0.4, 0.5) is 0 Å². The van der Waals surface area contributed by atoms with Gasteiger partial charge in [-0.3, -0.25) is 0 Å². The molecule has 2 heteroatoms. The van der Waals surface area contributed by atoms with Gasteiger partial charge in [0.1, 0.15) is 0 Å². The summed E-state index contributed by atoms with van der Waals surface area (Å²) in [7, 11) is 0. The minimum atomic E-state index is 1.33. The minimum Gasteiger partial charge on any atom is -0.0557 e. The predicted molar refractivity (Wildman–Crippen MR) is 96.3 cm³/mol. The van der Waals surface area contributed by atoms with E-state index in [1.807, 2.05) is 0 Å². The number of rotatable bonds is 1. The Kier molecular flexibility index (Phi) is 4.36. The first-order chi connectivity index (χ1) is 8.40. The lowest BCUT2D eigenvalue weighted by molar-refractivity contribution is 1.30. The van der Waals surface area contributed by atoms with Crippen molar-refractivity contribution in [2.75, 3.05) is 0 Å². The van der Waals surface area contributed by atoms with E-state index < -0.39 is 0 Å². The van der Waals surface area contributed by atoms with Crippen LogP contribution in [0.2, 0.25) is 0 Å². The van der Waals surface area contributed by atoms with Gasteiger partial charge >= 0.3 is 0 Å². The molecule has 2 rings (SSSR count). The molecule has 18 heavy (non-hydrogen) atoms. The van der Waals surface area contributed by atoms with E-state index in [2.05, 4.69) is 97.1 Å². The van der Waals surface area contributed by atoms with Gasteiger partial charge < -0.3 is 0 Å². The number of aryl methyl sites for hydroxylation is 4. The van der Waals surface area contributed by atoms with Crippen LogP contribution in [0.25, 0.3) is 11.1 Å². The second-order valence-electron chi connectivity index (χ2n) is 4.88. The SMILES string of the molecule is Cc1cc(C)c(-c2c(I)cc(C)cc2I)c(C)c1. The first kappa shape index (κ1) is 14.3. The molecule has 0 saturated carbocycles. The zero-order chi connectivity index (χ0) is 13.4. The maximum atomic E-state index is 2.45. The fraction of sp³-hybridized carbons (Fsp3) is 0.250. The lowest BCUT2D eigenvalue weighted by Gasteiger charge is -2.15. The van der Waals surface area contributed by atoms with Crippen LogP contribution < -0.4 is 0 Å². The molecule has 0 amide bonds. The Hall–Kier alpha value is -0.100. The molecular formula is C16H16I2. The van der Waals surface area contributed by atoms with Gasteiger partial charge in [-0.1, -0.05) is 17.7 Å². The smallest absolute Gasteiger partial charge is 0.0222 e. The maximum absolute atomic E-state index is 2.45. The van der Waals surface area contributed by atoms with Gasteiger partial charge in [0.15, 0.2) is 0 Å². The average Bonchev–Trinajstić information content (AvgIpc) is 2.20. The van der Waals surface area contributed by atoms with Crippen molar-refractivity contribution in [3.63, 3.8) is 0 Å². The van der Waals surface area contributed by atoms with Crippen molar-refractivity contribution in [3.05, 3.63) is 53.7 Å². The molecule has 0 unspecified atom stereocenters. The molecule has 0 N–H and O–H groups in total. The topological polar surface area (TPSA) is 0 Å². The Bertz CT molecular complexity index is 511. The zero-order valence-corrected chi connectivity index (χ0v) is 15.4. The molecule has 0 aliphatic heterocycles. The van der Waals surface area contributed by atoms with Crippen LogP contribution in [-0.4, -0.2) is 0 Å². The third kappa shape index (κ3) is 2.74. The quantitative estimate of drug-likeness (QED) is 0.471. The molecule has 0 heterocycles. The second-order valence-corrected chi connectivity index (χ2v) is 7.20. The van der Waals surface area contributed by atoms with Crippen LogP contribution in [0.5, 0.6) is 0 Å². The molecule has 0 spiro atoms. The van der Waals surface area contributed by atoms with Crippen LogP contribution in [-0.2, 0) is 0 Å². The lowest BCUT2D eigenvalue weighted by atomic mass is 9.93. The van der Waals surface area contributed by atoms with Crippen LogP contribution >= 0.6 is 45.2 Å². The van der Waals surface area contributed by atoms with E-state index in [4.69, 9.17) is 0 Å². The zero-order valence-electron chi connectivity index (χ0n) is 11.1. The van der Waals surface area contributed by atoms with E-state index in [0.29, 0.717) is 0 Å². The molecule has 0 saturated heterocycles. The van der Waals surface area contributed by atoms with Gasteiger partial charge in [0.25, 0.3) is 0 Å². The highest BCUT2D eigenvalue weighted by Gasteiger charge is 2.13. The Morgan fingerprint density at radius 2 is 1.00 bits per heavy atom. The summed E-state index contributed by atoms with van der Waals surface area (Å²) in [4.78, 5) is 0. The van der Waals surface area contributed by atoms with Gasteiger partial charge in [-0.05, 0) is 107 Å². The van der Waals surface area contributed by atoms with Crippen molar-refractivity contribution < 1.29 is 0 Å². The molecule has 94 valence electrons. The van der Waals surface area contributed by atoms with Gasteiger partial charge in [0.2, 0.25) is 0 Å². The normalized spacial score (nSPS) is 10.8. The minimum absolute atomic E-state index is 1.33. The van der Waals surface area contributed by atoms with Crippen molar-refractivity contribution in [2.24, 2.45) is 0 Å². The third-order valence-corrected chi connectivity index (χ3v) is 4.82. The summed E-state index contributed by atoms with van der Waals surface area (Å²) in [5, 5.41) is 0. The highest BCUT2D eigenvalue weighted by molar-refractivity contribution is 14.1. The fourth-order valence-corrected chi connectivity index (χ4v) is 5.13. The number of hydrogen-bond donors (Lipinski definition) is 0. The molecule has 0 fully saturated rings. The molecule has 0 nitrogen and oxygen atoms in total. The van der Waals surface area contributed by atoms with Crippen LogP contribution in [0.15, 0.2) is 24.3 Å². The summed E-state index contributed by atoms with van der Waals surface area (Å²) in [6.07, 6.45) is 0. The van der Waals surface area contributed by atoms with Crippen molar-refractivity contribution in [2.45, 2.75) is 27.7 Å². The summed E-state index contributed by atoms with van der Waals surface area (Å²) < 4.78 is 2.68. The molecule has 2 aromatic rings. The first-order valence-corrected chi connectivity index (χ1v) is 8.09.